The van der Waals surface area contributed by atoms with E-state index in [0.29, 0.717) is 0 Å². The molecule has 7 nitrogen and oxygen atoms in total. The average molecular weight is 469 g/mol. The minimum Gasteiger partial charge on any atom is -0.369 e. The first-order valence-corrected chi connectivity index (χ1v) is 10.4. The van der Waals surface area contributed by atoms with E-state index in [9.17, 15) is 22.8 Å². The zero-order valence-corrected chi connectivity index (χ0v) is 18.0. The Labute approximate surface area is 193 Å². The molecular weight excluding hydrogens is 447 g/mol. The van der Waals surface area contributed by atoms with Gasteiger partial charge in [0.25, 0.3) is 0 Å². The molecule has 0 saturated carbocycles. The molecule has 2 aromatic carbocycles. The van der Waals surface area contributed by atoms with Crippen LogP contribution in [-0.2, 0) is 22.2 Å². The summed E-state index contributed by atoms with van der Waals surface area (Å²) in [6, 6.07) is 13.7. The van der Waals surface area contributed by atoms with Crippen molar-refractivity contribution in [3.05, 3.63) is 89.9 Å². The molecule has 1 aliphatic heterocycles. The van der Waals surface area contributed by atoms with Crippen molar-refractivity contribution in [1.82, 2.24) is 9.78 Å². The molecule has 0 saturated heterocycles. The van der Waals surface area contributed by atoms with Crippen molar-refractivity contribution in [3.8, 4) is 5.69 Å². The van der Waals surface area contributed by atoms with Crippen LogP contribution in [0.1, 0.15) is 17.5 Å². The van der Waals surface area contributed by atoms with Crippen LogP contribution in [0.15, 0.2) is 78.8 Å². The number of primary amides is 2. The topological polar surface area (TPSA) is 107 Å². The van der Waals surface area contributed by atoms with E-state index in [0.717, 1.165) is 23.4 Å². The maximum Gasteiger partial charge on any atom is 0.416 e. The van der Waals surface area contributed by atoms with Gasteiger partial charge in [0.05, 0.1) is 16.7 Å². The van der Waals surface area contributed by atoms with Crippen molar-refractivity contribution in [2.75, 3.05) is 11.4 Å². The van der Waals surface area contributed by atoms with Gasteiger partial charge in [-0.1, -0.05) is 18.2 Å². The zero-order valence-electron chi connectivity index (χ0n) is 18.0. The van der Waals surface area contributed by atoms with Gasteiger partial charge in [-0.2, -0.15) is 18.3 Å². The van der Waals surface area contributed by atoms with Gasteiger partial charge in [0.1, 0.15) is 0 Å². The Morgan fingerprint density at radius 1 is 1.03 bits per heavy atom. The molecule has 0 fully saturated rings. The highest BCUT2D eigenvalue weighted by Crippen LogP contribution is 2.39. The summed E-state index contributed by atoms with van der Waals surface area (Å²) in [7, 11) is 0. The average Bonchev–Trinajstić information content (AvgIpc) is 3.34. The molecule has 0 spiro atoms. The fraction of sp³-hybridized carbons (Fsp3) is 0.208. The van der Waals surface area contributed by atoms with E-state index in [1.807, 2.05) is 24.3 Å². The van der Waals surface area contributed by atoms with Crippen molar-refractivity contribution in [2.45, 2.75) is 19.0 Å². The number of alkyl halides is 3. The third-order valence-electron chi connectivity index (χ3n) is 5.91. The normalized spacial score (nSPS) is 18.4. The predicted molar refractivity (Wildman–Crippen MR) is 120 cm³/mol. The highest BCUT2D eigenvalue weighted by molar-refractivity contribution is 5.95. The number of hydrogen-bond acceptors (Lipinski definition) is 4. The maximum absolute atomic E-state index is 13.3. The molecule has 1 aliphatic rings. The lowest BCUT2D eigenvalue weighted by Gasteiger charge is -2.40. The Kier molecular flexibility index (Phi) is 5.90. The lowest BCUT2D eigenvalue weighted by Crippen LogP contribution is -2.50. The Morgan fingerprint density at radius 2 is 1.76 bits per heavy atom. The Morgan fingerprint density at radius 3 is 2.35 bits per heavy atom. The monoisotopic (exact) mass is 469 g/mol. The third-order valence-corrected chi connectivity index (χ3v) is 5.91. The second kappa shape index (κ2) is 8.69. The minimum atomic E-state index is -4.54. The summed E-state index contributed by atoms with van der Waals surface area (Å²) in [5, 5.41) is 4.17. The molecule has 0 aliphatic carbocycles. The summed E-state index contributed by atoms with van der Waals surface area (Å²) in [6.45, 7) is -0.0126. The number of benzene rings is 2. The summed E-state index contributed by atoms with van der Waals surface area (Å²) < 4.78 is 41.4. The molecular formula is C24H22F3N5O2. The molecule has 176 valence electrons. The van der Waals surface area contributed by atoms with Crippen LogP contribution in [0.25, 0.3) is 5.69 Å². The van der Waals surface area contributed by atoms with Crippen LogP contribution >= 0.6 is 0 Å². The molecule has 2 amide bonds. The standard InChI is InChI=1S/C24H22F3N5O2/c25-24(26,27)18-3-1-4-20(11-18)31-14-17(21(28)33)13-23(15-31,22(29)34)12-16-5-7-19(8-6-16)32-10-2-9-30-32/h1-11,14H,12-13,15H2,(H2,28,33)(H2,29,34). The first kappa shape index (κ1) is 23.1. The number of amides is 2. The van der Waals surface area contributed by atoms with Crippen LogP contribution in [0, 0.1) is 5.41 Å². The number of carbonyl (C=O) groups is 2. The van der Waals surface area contributed by atoms with Crippen molar-refractivity contribution in [1.29, 1.82) is 0 Å². The summed E-state index contributed by atoms with van der Waals surface area (Å²) in [5.41, 5.74) is 11.1. The van der Waals surface area contributed by atoms with E-state index in [2.05, 4.69) is 5.10 Å². The fourth-order valence-corrected chi connectivity index (χ4v) is 4.15. The highest BCUT2D eigenvalue weighted by atomic mass is 19.4. The molecule has 3 aromatic rings. The first-order chi connectivity index (χ1) is 16.1. The van der Waals surface area contributed by atoms with Gasteiger partial charge in [-0.3, -0.25) is 9.59 Å². The number of hydrogen-bond donors (Lipinski definition) is 2. The number of nitrogens with two attached hydrogens (primary N) is 2. The molecule has 1 unspecified atom stereocenters. The summed E-state index contributed by atoms with van der Waals surface area (Å²) >= 11 is 0. The van der Waals surface area contributed by atoms with E-state index in [1.165, 1.54) is 23.2 Å². The molecule has 2 heterocycles. The predicted octanol–water partition coefficient (Wildman–Crippen LogP) is 3.18. The van der Waals surface area contributed by atoms with Crippen molar-refractivity contribution < 1.29 is 22.8 Å². The van der Waals surface area contributed by atoms with Gasteiger partial charge in [-0.05, 0) is 54.8 Å². The molecule has 10 heteroatoms. The molecule has 34 heavy (non-hydrogen) atoms. The molecule has 4 N–H and O–H groups in total. The number of halogens is 3. The van der Waals surface area contributed by atoms with Gasteiger partial charge in [0.15, 0.2) is 0 Å². The molecule has 0 radical (unpaired) electrons. The number of carbonyl (C=O) groups excluding carboxylic acids is 2. The Hall–Kier alpha value is -4.08. The Bertz CT molecular complexity index is 1240. The van der Waals surface area contributed by atoms with E-state index in [1.54, 1.807) is 23.1 Å². The zero-order chi connectivity index (χ0) is 24.5. The van der Waals surface area contributed by atoms with Crippen LogP contribution < -0.4 is 16.4 Å². The fourth-order valence-electron chi connectivity index (χ4n) is 4.15. The van der Waals surface area contributed by atoms with Crippen LogP contribution in [0.3, 0.4) is 0 Å². The number of rotatable bonds is 6. The van der Waals surface area contributed by atoms with Crippen LogP contribution in [-0.4, -0.2) is 28.1 Å². The molecule has 1 aromatic heterocycles. The van der Waals surface area contributed by atoms with Crippen LogP contribution in [0.2, 0.25) is 0 Å². The second-order valence-corrected chi connectivity index (χ2v) is 8.31. The van der Waals surface area contributed by atoms with Crippen molar-refractivity contribution in [3.63, 3.8) is 0 Å². The minimum absolute atomic E-state index is 0.0126. The van der Waals surface area contributed by atoms with Gasteiger partial charge in [-0.25, -0.2) is 4.68 Å². The van der Waals surface area contributed by atoms with Gasteiger partial charge < -0.3 is 16.4 Å². The van der Waals surface area contributed by atoms with E-state index in [4.69, 9.17) is 11.5 Å². The number of anilines is 1. The number of aromatic nitrogens is 2. The maximum atomic E-state index is 13.3. The van der Waals surface area contributed by atoms with Crippen molar-refractivity contribution >= 4 is 17.5 Å². The van der Waals surface area contributed by atoms with Crippen LogP contribution in [0.4, 0.5) is 18.9 Å². The quantitative estimate of drug-likeness (QED) is 0.578. The van der Waals surface area contributed by atoms with Crippen molar-refractivity contribution in [2.24, 2.45) is 16.9 Å². The van der Waals surface area contributed by atoms with Gasteiger partial charge in [0, 0.05) is 36.4 Å². The lowest BCUT2D eigenvalue weighted by atomic mass is 9.73. The van der Waals surface area contributed by atoms with Gasteiger partial charge in [-0.15, -0.1) is 0 Å². The van der Waals surface area contributed by atoms with Gasteiger partial charge in [0.2, 0.25) is 11.8 Å². The molecule has 0 bridgehead atoms. The second-order valence-electron chi connectivity index (χ2n) is 8.31. The SMILES string of the molecule is NC(=O)C1=CN(c2cccc(C(F)(F)F)c2)CC(Cc2ccc(-n3cccn3)cc2)(C(N)=O)C1. The third kappa shape index (κ3) is 4.66. The molecule has 1 atom stereocenters. The summed E-state index contributed by atoms with van der Waals surface area (Å²) in [4.78, 5) is 26.2. The first-order valence-electron chi connectivity index (χ1n) is 10.4. The molecule has 4 rings (SSSR count). The van der Waals surface area contributed by atoms with Gasteiger partial charge >= 0.3 is 6.18 Å². The Balaban J connectivity index is 1.69. The van der Waals surface area contributed by atoms with E-state index in [-0.39, 0.29) is 30.6 Å². The summed E-state index contributed by atoms with van der Waals surface area (Å²) in [5.74, 6) is -1.44. The smallest absolute Gasteiger partial charge is 0.369 e. The largest absolute Gasteiger partial charge is 0.416 e. The van der Waals surface area contributed by atoms with Crippen LogP contribution in [0.5, 0.6) is 0 Å². The number of nitrogens with zero attached hydrogens (tertiary/aromatic N) is 3. The summed E-state index contributed by atoms with van der Waals surface area (Å²) in [6.07, 6.45) is 0.435. The van der Waals surface area contributed by atoms with E-state index < -0.39 is 29.0 Å². The lowest BCUT2D eigenvalue weighted by molar-refractivity contribution is -0.137. The van der Waals surface area contributed by atoms with E-state index >= 15 is 0 Å². The highest BCUT2D eigenvalue weighted by Gasteiger charge is 2.43.